The molecule has 0 amide bonds. The molecule has 0 unspecified atom stereocenters. The van der Waals surface area contributed by atoms with Gasteiger partial charge in [-0.2, -0.15) is 0 Å². The van der Waals surface area contributed by atoms with E-state index in [9.17, 15) is 0 Å². The Morgan fingerprint density at radius 3 is 2.43 bits per heavy atom. The second-order valence-corrected chi connectivity index (χ2v) is 7.53. The number of pyridine rings is 1. The Bertz CT molecular complexity index is 415. The van der Waals surface area contributed by atoms with Crippen molar-refractivity contribution in [3.63, 3.8) is 0 Å². The fourth-order valence-electron chi connectivity index (χ4n) is 4.54. The predicted octanol–water partition coefficient (Wildman–Crippen LogP) is 0.190. The zero-order valence-corrected chi connectivity index (χ0v) is 13.6. The molecule has 2 fully saturated rings. The zero-order valence-electron chi connectivity index (χ0n) is 13.6. The van der Waals surface area contributed by atoms with Gasteiger partial charge in [-0.25, -0.2) is 0 Å². The van der Waals surface area contributed by atoms with Gasteiger partial charge >= 0.3 is 0 Å². The minimum atomic E-state index is 0.919. The van der Waals surface area contributed by atoms with Crippen molar-refractivity contribution in [2.75, 3.05) is 26.2 Å². The first-order valence-corrected chi connectivity index (χ1v) is 8.78. The minimum absolute atomic E-state index is 0.919. The van der Waals surface area contributed by atoms with Gasteiger partial charge in [0.1, 0.15) is 6.54 Å². The molecule has 21 heavy (non-hydrogen) atoms. The van der Waals surface area contributed by atoms with Crippen LogP contribution >= 0.6 is 0 Å². The summed E-state index contributed by atoms with van der Waals surface area (Å²) in [6, 6.07) is 7.20. The molecule has 0 aromatic carbocycles. The molecule has 3 heterocycles. The van der Waals surface area contributed by atoms with E-state index in [1.807, 2.05) is 17.2 Å². The molecule has 0 saturated carbocycles. The maximum absolute atomic E-state index is 4.48. The lowest BCUT2D eigenvalue weighted by atomic mass is 9.89. The Hall–Kier alpha value is -0.930. The van der Waals surface area contributed by atoms with Crippen molar-refractivity contribution >= 4 is 0 Å². The molecule has 3 heteroatoms. The second kappa shape index (κ2) is 6.89. The summed E-state index contributed by atoms with van der Waals surface area (Å²) < 4.78 is 0. The number of likely N-dealkylation sites (tertiary alicyclic amines) is 2. The van der Waals surface area contributed by atoms with Crippen LogP contribution in [0.25, 0.3) is 0 Å². The van der Waals surface area contributed by atoms with Gasteiger partial charge in [0, 0.05) is 30.9 Å². The molecular weight excluding hydrogens is 258 g/mol. The van der Waals surface area contributed by atoms with E-state index in [4.69, 9.17) is 0 Å². The van der Waals surface area contributed by atoms with E-state index in [1.165, 1.54) is 51.1 Å². The van der Waals surface area contributed by atoms with Crippen LogP contribution in [0.1, 0.15) is 38.8 Å². The number of hydrogen-bond donors (Lipinski definition) is 2. The van der Waals surface area contributed by atoms with Crippen LogP contribution in [-0.4, -0.2) is 37.2 Å². The van der Waals surface area contributed by atoms with E-state index in [0.717, 1.165) is 24.4 Å². The number of nitrogens with one attached hydrogen (secondary N) is 2. The molecule has 1 aromatic heterocycles. The highest BCUT2D eigenvalue weighted by Crippen LogP contribution is 2.13. The van der Waals surface area contributed by atoms with E-state index in [1.54, 1.807) is 4.90 Å². The summed E-state index contributed by atoms with van der Waals surface area (Å²) in [6.45, 7) is 11.5. The maximum atomic E-state index is 4.48. The van der Waals surface area contributed by atoms with Crippen LogP contribution in [0.3, 0.4) is 0 Å². The van der Waals surface area contributed by atoms with Gasteiger partial charge in [0.15, 0.2) is 0 Å². The van der Waals surface area contributed by atoms with Crippen LogP contribution in [-0.2, 0) is 6.54 Å². The molecule has 0 spiro atoms. The molecule has 1 aromatic rings. The predicted molar refractivity (Wildman–Crippen MR) is 85.3 cm³/mol. The quantitative estimate of drug-likeness (QED) is 0.815. The van der Waals surface area contributed by atoms with Crippen LogP contribution in [0.5, 0.6) is 0 Å². The first-order chi connectivity index (χ1) is 10.2. The SMILES string of the molecule is C[C@H]1C[C@H](C)C[NH+](C2CC[NH+](Cc3ccccn3)CC2)C1. The summed E-state index contributed by atoms with van der Waals surface area (Å²) in [6.07, 6.45) is 6.16. The Kier molecular flexibility index (Phi) is 4.91. The van der Waals surface area contributed by atoms with Crippen molar-refractivity contribution in [3.05, 3.63) is 30.1 Å². The lowest BCUT2D eigenvalue weighted by Crippen LogP contribution is -3.21. The summed E-state index contributed by atoms with van der Waals surface area (Å²) in [5, 5.41) is 0. The molecule has 2 aliphatic rings. The van der Waals surface area contributed by atoms with Gasteiger partial charge in [-0.1, -0.05) is 19.9 Å². The van der Waals surface area contributed by atoms with Gasteiger partial charge in [-0.3, -0.25) is 4.98 Å². The summed E-state index contributed by atoms with van der Waals surface area (Å²) in [5.74, 6) is 1.84. The standard InChI is InChI=1S/C18H29N3/c1-15-11-16(2)13-21(12-15)18-6-9-20(10-7-18)14-17-5-3-4-8-19-17/h3-5,8,15-16,18H,6-7,9-14H2,1-2H3/p+2/t15-,16-/m0/s1. The third-order valence-corrected chi connectivity index (χ3v) is 5.45. The van der Waals surface area contributed by atoms with Gasteiger partial charge in [0.25, 0.3) is 0 Å². The van der Waals surface area contributed by atoms with Crippen LogP contribution < -0.4 is 9.80 Å². The van der Waals surface area contributed by atoms with E-state index >= 15 is 0 Å². The number of aromatic nitrogens is 1. The third kappa shape index (κ3) is 4.04. The molecule has 0 aliphatic carbocycles. The minimum Gasteiger partial charge on any atom is -0.332 e. The fraction of sp³-hybridized carbons (Fsp3) is 0.722. The molecule has 2 atom stereocenters. The van der Waals surface area contributed by atoms with E-state index < -0.39 is 0 Å². The fourth-order valence-corrected chi connectivity index (χ4v) is 4.54. The van der Waals surface area contributed by atoms with Crippen LogP contribution in [0.2, 0.25) is 0 Å². The van der Waals surface area contributed by atoms with Crippen molar-refractivity contribution in [2.24, 2.45) is 11.8 Å². The summed E-state index contributed by atoms with van der Waals surface area (Å²) >= 11 is 0. The number of quaternary nitrogens is 2. The monoisotopic (exact) mass is 289 g/mol. The van der Waals surface area contributed by atoms with Crippen molar-refractivity contribution < 1.29 is 9.80 Å². The van der Waals surface area contributed by atoms with Gasteiger partial charge in [-0.15, -0.1) is 0 Å². The van der Waals surface area contributed by atoms with Gasteiger partial charge in [0.2, 0.25) is 0 Å². The molecule has 2 saturated heterocycles. The van der Waals surface area contributed by atoms with Gasteiger partial charge in [0.05, 0.1) is 37.9 Å². The van der Waals surface area contributed by atoms with Crippen molar-refractivity contribution in [3.8, 4) is 0 Å². The van der Waals surface area contributed by atoms with E-state index in [-0.39, 0.29) is 0 Å². The zero-order chi connectivity index (χ0) is 14.7. The van der Waals surface area contributed by atoms with E-state index in [2.05, 4.69) is 31.0 Å². The third-order valence-electron chi connectivity index (χ3n) is 5.45. The molecule has 2 aliphatic heterocycles. The lowest BCUT2D eigenvalue weighted by Gasteiger charge is -2.39. The molecule has 3 nitrogen and oxygen atoms in total. The van der Waals surface area contributed by atoms with Crippen molar-refractivity contribution in [2.45, 2.75) is 45.7 Å². The first kappa shape index (κ1) is 15.0. The highest BCUT2D eigenvalue weighted by molar-refractivity contribution is 5.01. The molecule has 0 bridgehead atoms. The maximum Gasteiger partial charge on any atom is 0.120 e. The Labute approximate surface area is 129 Å². The Morgan fingerprint density at radius 1 is 1.10 bits per heavy atom. The van der Waals surface area contributed by atoms with Gasteiger partial charge < -0.3 is 9.80 Å². The highest BCUT2D eigenvalue weighted by Gasteiger charge is 2.34. The molecular formula is C18H31N3+2. The molecule has 3 rings (SSSR count). The molecule has 0 radical (unpaired) electrons. The number of rotatable bonds is 3. The smallest absolute Gasteiger partial charge is 0.120 e. The van der Waals surface area contributed by atoms with Crippen LogP contribution in [0.15, 0.2) is 24.4 Å². The lowest BCUT2D eigenvalue weighted by molar-refractivity contribution is -0.969. The van der Waals surface area contributed by atoms with E-state index in [0.29, 0.717) is 0 Å². The van der Waals surface area contributed by atoms with Crippen LogP contribution in [0, 0.1) is 11.8 Å². The highest BCUT2D eigenvalue weighted by atomic mass is 15.2. The largest absolute Gasteiger partial charge is 0.332 e. The summed E-state index contributed by atoms with van der Waals surface area (Å²) in [5.41, 5.74) is 1.25. The first-order valence-electron chi connectivity index (χ1n) is 8.78. The van der Waals surface area contributed by atoms with Crippen molar-refractivity contribution in [1.29, 1.82) is 0 Å². The molecule has 2 N–H and O–H groups in total. The van der Waals surface area contributed by atoms with Crippen LogP contribution in [0.4, 0.5) is 0 Å². The average Bonchev–Trinajstić information content (AvgIpc) is 2.48. The summed E-state index contributed by atoms with van der Waals surface area (Å²) in [7, 11) is 0. The normalized spacial score (nSPS) is 37.3. The Balaban J connectivity index is 1.48. The summed E-state index contributed by atoms with van der Waals surface area (Å²) in [4.78, 5) is 8.10. The topological polar surface area (TPSA) is 21.8 Å². The van der Waals surface area contributed by atoms with Crippen molar-refractivity contribution in [1.82, 2.24) is 4.98 Å². The Morgan fingerprint density at radius 2 is 1.81 bits per heavy atom. The number of nitrogens with zero attached hydrogens (tertiary/aromatic N) is 1. The van der Waals surface area contributed by atoms with Gasteiger partial charge in [-0.05, 0) is 18.6 Å². The molecule has 116 valence electrons. The second-order valence-electron chi connectivity index (χ2n) is 7.53. The number of piperidine rings is 2. The average molecular weight is 289 g/mol. The number of hydrogen-bond acceptors (Lipinski definition) is 1.